The predicted molar refractivity (Wildman–Crippen MR) is 75.3 cm³/mol. The van der Waals surface area contributed by atoms with Crippen molar-refractivity contribution in [2.75, 3.05) is 19.8 Å². The highest BCUT2D eigenvalue weighted by Gasteiger charge is 2.14. The van der Waals surface area contributed by atoms with E-state index in [4.69, 9.17) is 9.47 Å². The normalized spacial score (nSPS) is 10.7. The SMILES string of the molecule is CCCOCCOc1nc2ccccc2cc1C(=O)O. The summed E-state index contributed by atoms with van der Waals surface area (Å²) in [7, 11) is 0. The van der Waals surface area contributed by atoms with E-state index in [-0.39, 0.29) is 18.1 Å². The van der Waals surface area contributed by atoms with Crippen LogP contribution in [0.5, 0.6) is 5.88 Å². The first-order valence-electron chi connectivity index (χ1n) is 6.56. The Balaban J connectivity index is 2.17. The van der Waals surface area contributed by atoms with Crippen LogP contribution in [0.3, 0.4) is 0 Å². The Morgan fingerprint density at radius 1 is 1.25 bits per heavy atom. The summed E-state index contributed by atoms with van der Waals surface area (Å²) >= 11 is 0. The number of nitrogens with zero attached hydrogens (tertiary/aromatic N) is 1. The van der Waals surface area contributed by atoms with Crippen LogP contribution >= 0.6 is 0 Å². The summed E-state index contributed by atoms with van der Waals surface area (Å²) in [5.74, 6) is -0.913. The molecule has 20 heavy (non-hydrogen) atoms. The average Bonchev–Trinajstić information content (AvgIpc) is 2.46. The number of ether oxygens (including phenoxy) is 2. The standard InChI is InChI=1S/C15H17NO4/c1-2-7-19-8-9-20-14-12(15(17)18)10-11-5-3-4-6-13(11)16-14/h3-6,10H,2,7-9H2,1H3,(H,17,18). The largest absolute Gasteiger partial charge is 0.477 e. The number of hydrogen-bond acceptors (Lipinski definition) is 4. The molecule has 0 unspecified atom stereocenters. The zero-order valence-corrected chi connectivity index (χ0v) is 11.3. The third-order valence-electron chi connectivity index (χ3n) is 2.73. The van der Waals surface area contributed by atoms with Crippen molar-refractivity contribution in [2.45, 2.75) is 13.3 Å². The van der Waals surface area contributed by atoms with Crippen molar-refractivity contribution < 1.29 is 19.4 Å². The van der Waals surface area contributed by atoms with Crippen molar-refractivity contribution in [3.05, 3.63) is 35.9 Å². The molecule has 0 aliphatic rings. The number of aromatic carboxylic acids is 1. The second-order valence-corrected chi connectivity index (χ2v) is 4.30. The molecule has 0 bridgehead atoms. The number of aromatic nitrogens is 1. The first-order valence-corrected chi connectivity index (χ1v) is 6.56. The summed E-state index contributed by atoms with van der Waals surface area (Å²) in [6, 6.07) is 8.91. The number of carboxylic acids is 1. The summed E-state index contributed by atoms with van der Waals surface area (Å²) in [5, 5.41) is 9.99. The summed E-state index contributed by atoms with van der Waals surface area (Å²) in [6.45, 7) is 3.39. The Morgan fingerprint density at radius 2 is 2.05 bits per heavy atom. The number of pyridine rings is 1. The number of fused-ring (bicyclic) bond motifs is 1. The van der Waals surface area contributed by atoms with Crippen LogP contribution in [-0.4, -0.2) is 35.9 Å². The molecule has 2 aromatic rings. The van der Waals surface area contributed by atoms with E-state index in [2.05, 4.69) is 4.98 Å². The molecule has 0 aliphatic carbocycles. The number of benzene rings is 1. The number of para-hydroxylation sites is 1. The minimum Gasteiger partial charge on any atom is -0.477 e. The van der Waals surface area contributed by atoms with E-state index in [0.29, 0.717) is 18.7 Å². The molecule has 1 aromatic heterocycles. The molecule has 0 fully saturated rings. The van der Waals surface area contributed by atoms with Crippen LogP contribution in [0, 0.1) is 0 Å². The highest BCUT2D eigenvalue weighted by atomic mass is 16.5. The van der Waals surface area contributed by atoms with E-state index in [1.807, 2.05) is 31.2 Å². The van der Waals surface area contributed by atoms with Gasteiger partial charge in [-0.3, -0.25) is 0 Å². The van der Waals surface area contributed by atoms with Crippen LogP contribution in [0.25, 0.3) is 10.9 Å². The van der Waals surface area contributed by atoms with Crippen LogP contribution in [0.15, 0.2) is 30.3 Å². The lowest BCUT2D eigenvalue weighted by Gasteiger charge is -2.09. The van der Waals surface area contributed by atoms with Gasteiger partial charge in [0.15, 0.2) is 0 Å². The first-order chi connectivity index (χ1) is 9.72. The summed E-state index contributed by atoms with van der Waals surface area (Å²) in [5.41, 5.74) is 0.779. The molecule has 1 aromatic carbocycles. The van der Waals surface area contributed by atoms with E-state index >= 15 is 0 Å². The van der Waals surface area contributed by atoms with E-state index < -0.39 is 5.97 Å². The lowest BCUT2D eigenvalue weighted by atomic mass is 10.1. The molecule has 5 nitrogen and oxygen atoms in total. The van der Waals surface area contributed by atoms with Crippen molar-refractivity contribution in [3.8, 4) is 5.88 Å². The van der Waals surface area contributed by atoms with Crippen LogP contribution < -0.4 is 4.74 Å². The minimum atomic E-state index is -1.05. The number of carbonyl (C=O) groups is 1. The van der Waals surface area contributed by atoms with Gasteiger partial charge in [0.2, 0.25) is 5.88 Å². The van der Waals surface area contributed by atoms with Crippen molar-refractivity contribution in [1.82, 2.24) is 4.98 Å². The molecular formula is C15H17NO4. The Labute approximate surface area is 117 Å². The summed E-state index contributed by atoms with van der Waals surface area (Å²) in [6.07, 6.45) is 0.939. The Kier molecular flexibility index (Phi) is 4.90. The van der Waals surface area contributed by atoms with Gasteiger partial charge in [-0.25, -0.2) is 9.78 Å². The summed E-state index contributed by atoms with van der Waals surface area (Å²) < 4.78 is 10.7. The summed E-state index contributed by atoms with van der Waals surface area (Å²) in [4.78, 5) is 15.5. The maximum atomic E-state index is 11.2. The molecule has 2 rings (SSSR count). The molecule has 0 spiro atoms. The molecule has 1 N–H and O–H groups in total. The topological polar surface area (TPSA) is 68.7 Å². The molecule has 1 heterocycles. The monoisotopic (exact) mass is 275 g/mol. The van der Waals surface area contributed by atoms with Crippen molar-refractivity contribution in [2.24, 2.45) is 0 Å². The van der Waals surface area contributed by atoms with Gasteiger partial charge >= 0.3 is 5.97 Å². The van der Waals surface area contributed by atoms with Crippen molar-refractivity contribution in [3.63, 3.8) is 0 Å². The molecule has 106 valence electrons. The molecule has 0 atom stereocenters. The van der Waals surface area contributed by atoms with Crippen LogP contribution in [0.4, 0.5) is 0 Å². The highest BCUT2D eigenvalue weighted by molar-refractivity contribution is 5.95. The molecule has 0 amide bonds. The van der Waals surface area contributed by atoms with Gasteiger partial charge in [0, 0.05) is 12.0 Å². The van der Waals surface area contributed by atoms with Crippen molar-refractivity contribution >= 4 is 16.9 Å². The van der Waals surface area contributed by atoms with Gasteiger partial charge in [0.1, 0.15) is 12.2 Å². The second kappa shape index (κ2) is 6.86. The predicted octanol–water partition coefficient (Wildman–Crippen LogP) is 2.74. The van der Waals surface area contributed by atoms with Gasteiger partial charge in [0.25, 0.3) is 0 Å². The van der Waals surface area contributed by atoms with Gasteiger partial charge in [-0.15, -0.1) is 0 Å². The molecule has 0 aliphatic heterocycles. The second-order valence-electron chi connectivity index (χ2n) is 4.30. The third kappa shape index (κ3) is 3.45. The number of rotatable bonds is 7. The van der Waals surface area contributed by atoms with Crippen LogP contribution in [0.2, 0.25) is 0 Å². The van der Waals surface area contributed by atoms with E-state index in [1.165, 1.54) is 0 Å². The van der Waals surface area contributed by atoms with Gasteiger partial charge in [0.05, 0.1) is 12.1 Å². The number of carboxylic acid groups (broad SMARTS) is 1. The maximum absolute atomic E-state index is 11.2. The van der Waals surface area contributed by atoms with E-state index in [1.54, 1.807) is 6.07 Å². The molecular weight excluding hydrogens is 258 g/mol. The zero-order chi connectivity index (χ0) is 14.4. The van der Waals surface area contributed by atoms with Crippen molar-refractivity contribution in [1.29, 1.82) is 0 Å². The lowest BCUT2D eigenvalue weighted by molar-refractivity contribution is 0.0683. The quantitative estimate of drug-likeness (QED) is 0.787. The fourth-order valence-electron chi connectivity index (χ4n) is 1.81. The smallest absolute Gasteiger partial charge is 0.341 e. The fourth-order valence-corrected chi connectivity index (χ4v) is 1.81. The lowest BCUT2D eigenvalue weighted by Crippen LogP contribution is -2.11. The molecule has 0 saturated heterocycles. The minimum absolute atomic E-state index is 0.0687. The fraction of sp³-hybridized carbons (Fsp3) is 0.333. The van der Waals surface area contributed by atoms with Crippen LogP contribution in [-0.2, 0) is 4.74 Å². The maximum Gasteiger partial charge on any atom is 0.341 e. The molecule has 0 radical (unpaired) electrons. The molecule has 0 saturated carbocycles. The van der Waals surface area contributed by atoms with E-state index in [0.717, 1.165) is 11.8 Å². The average molecular weight is 275 g/mol. The van der Waals surface area contributed by atoms with Gasteiger partial charge in [-0.2, -0.15) is 0 Å². The Morgan fingerprint density at radius 3 is 2.80 bits per heavy atom. The first kappa shape index (κ1) is 14.3. The zero-order valence-electron chi connectivity index (χ0n) is 11.3. The van der Waals surface area contributed by atoms with Gasteiger partial charge in [-0.05, 0) is 18.6 Å². The van der Waals surface area contributed by atoms with E-state index in [9.17, 15) is 9.90 Å². The highest BCUT2D eigenvalue weighted by Crippen LogP contribution is 2.22. The van der Waals surface area contributed by atoms with Crippen LogP contribution in [0.1, 0.15) is 23.7 Å². The van der Waals surface area contributed by atoms with Gasteiger partial charge in [-0.1, -0.05) is 25.1 Å². The third-order valence-corrected chi connectivity index (χ3v) is 2.73. The molecule has 5 heteroatoms. The Hall–Kier alpha value is -2.14. The van der Waals surface area contributed by atoms with Gasteiger partial charge < -0.3 is 14.6 Å². The number of hydrogen-bond donors (Lipinski definition) is 1. The Bertz CT molecular complexity index is 597.